The minimum absolute atomic E-state index is 0.0660. The molecule has 1 aliphatic rings. The summed E-state index contributed by atoms with van der Waals surface area (Å²) in [5, 5.41) is 14.8. The van der Waals surface area contributed by atoms with Crippen molar-refractivity contribution >= 4 is 11.6 Å². The van der Waals surface area contributed by atoms with Gasteiger partial charge in [-0.3, -0.25) is 0 Å². The van der Waals surface area contributed by atoms with Crippen LogP contribution in [0.2, 0.25) is 5.02 Å². The van der Waals surface area contributed by atoms with E-state index >= 15 is 0 Å². The Balaban J connectivity index is 2.03. The largest absolute Gasteiger partial charge is 0.493 e. The summed E-state index contributed by atoms with van der Waals surface area (Å²) in [5.74, 6) is 0.920. The number of fused-ring (bicyclic) bond motifs is 1. The zero-order valence-electron chi connectivity index (χ0n) is 13.4. The van der Waals surface area contributed by atoms with Gasteiger partial charge in [0.15, 0.2) is 0 Å². The summed E-state index contributed by atoms with van der Waals surface area (Å²) < 4.78 is 5.70. The molecule has 0 radical (unpaired) electrons. The highest BCUT2D eigenvalue weighted by atomic mass is 35.5. The minimum Gasteiger partial charge on any atom is -0.493 e. The second kappa shape index (κ2) is 6.15. The Morgan fingerprint density at radius 1 is 1.29 bits per heavy atom. The smallest absolute Gasteiger partial charge is 0.126 e. The first-order valence-electron chi connectivity index (χ1n) is 7.58. The molecule has 0 saturated carbocycles. The van der Waals surface area contributed by atoms with Crippen molar-refractivity contribution in [2.75, 3.05) is 13.2 Å². The normalized spacial score (nSPS) is 17.2. The van der Waals surface area contributed by atoms with E-state index in [9.17, 15) is 5.11 Å². The third-order valence-corrected chi connectivity index (χ3v) is 3.93. The molecule has 1 aliphatic heterocycles. The molecule has 0 aromatic heterocycles. The molecule has 1 heterocycles. The third-order valence-electron chi connectivity index (χ3n) is 3.72. The van der Waals surface area contributed by atoms with Crippen molar-refractivity contribution in [1.29, 1.82) is 0 Å². The van der Waals surface area contributed by atoms with Crippen LogP contribution in [-0.4, -0.2) is 29.4 Å². The summed E-state index contributed by atoms with van der Waals surface area (Å²) in [6, 6.07) is 3.88. The van der Waals surface area contributed by atoms with Crippen molar-refractivity contribution in [2.45, 2.75) is 58.1 Å². The van der Waals surface area contributed by atoms with Gasteiger partial charge in [0.05, 0.1) is 12.2 Å². The third kappa shape index (κ3) is 4.87. The van der Waals surface area contributed by atoms with Gasteiger partial charge in [0, 0.05) is 23.4 Å². The van der Waals surface area contributed by atoms with Crippen LogP contribution in [0.3, 0.4) is 0 Å². The predicted octanol–water partition coefficient (Wildman–Crippen LogP) is 3.35. The highest BCUT2D eigenvalue weighted by Gasteiger charge is 2.26. The lowest BCUT2D eigenvalue weighted by molar-refractivity contribution is 0.0493. The van der Waals surface area contributed by atoms with Crippen LogP contribution in [-0.2, 0) is 12.8 Å². The predicted molar refractivity (Wildman–Crippen MR) is 87.4 cm³/mol. The zero-order valence-corrected chi connectivity index (χ0v) is 14.2. The average molecular weight is 312 g/mol. The van der Waals surface area contributed by atoms with Crippen LogP contribution >= 0.6 is 11.6 Å². The molecule has 0 amide bonds. The topological polar surface area (TPSA) is 41.5 Å². The van der Waals surface area contributed by atoms with Gasteiger partial charge in [0.2, 0.25) is 0 Å². The summed E-state index contributed by atoms with van der Waals surface area (Å²) in [7, 11) is 0. The van der Waals surface area contributed by atoms with E-state index in [1.165, 1.54) is 0 Å². The van der Waals surface area contributed by atoms with Crippen molar-refractivity contribution in [2.24, 2.45) is 0 Å². The molecule has 0 spiro atoms. The lowest BCUT2D eigenvalue weighted by Crippen LogP contribution is -2.40. The summed E-state index contributed by atoms with van der Waals surface area (Å²) in [5.41, 5.74) is 1.45. The Bertz CT molecular complexity index is 506. The maximum absolute atomic E-state index is 10.6. The fourth-order valence-electron chi connectivity index (χ4n) is 2.68. The molecule has 4 heteroatoms. The summed E-state index contributed by atoms with van der Waals surface area (Å²) in [6.07, 6.45) is 2.14. The fraction of sp³-hybridized carbons (Fsp3) is 0.647. The molecular weight excluding hydrogens is 286 g/mol. The first-order chi connectivity index (χ1) is 9.66. The summed E-state index contributed by atoms with van der Waals surface area (Å²) >= 11 is 6.17. The van der Waals surface area contributed by atoms with Crippen LogP contribution in [0.4, 0.5) is 0 Å². The second-order valence-corrected chi connectivity index (χ2v) is 7.69. The Kier molecular flexibility index (Phi) is 4.86. The Morgan fingerprint density at radius 3 is 2.67 bits per heavy atom. The number of nitrogens with one attached hydrogen (secondary N) is 1. The molecule has 2 rings (SSSR count). The fourth-order valence-corrected chi connectivity index (χ4v) is 2.95. The second-order valence-electron chi connectivity index (χ2n) is 7.25. The van der Waals surface area contributed by atoms with Crippen molar-refractivity contribution < 1.29 is 9.84 Å². The Morgan fingerprint density at radius 2 is 2.00 bits per heavy atom. The van der Waals surface area contributed by atoms with E-state index in [-0.39, 0.29) is 5.54 Å². The van der Waals surface area contributed by atoms with E-state index in [1.807, 2.05) is 19.1 Å². The molecule has 1 unspecified atom stereocenters. The van der Waals surface area contributed by atoms with Gasteiger partial charge in [-0.25, -0.2) is 0 Å². The zero-order chi connectivity index (χ0) is 15.7. The van der Waals surface area contributed by atoms with Gasteiger partial charge in [0.25, 0.3) is 0 Å². The van der Waals surface area contributed by atoms with E-state index in [2.05, 4.69) is 26.1 Å². The summed E-state index contributed by atoms with van der Waals surface area (Å²) in [4.78, 5) is 0. The molecule has 118 valence electrons. The maximum Gasteiger partial charge on any atom is 0.126 e. The number of hydrogen-bond donors (Lipinski definition) is 2. The van der Waals surface area contributed by atoms with Crippen molar-refractivity contribution in [3.63, 3.8) is 0 Å². The number of rotatable bonds is 5. The first-order valence-corrected chi connectivity index (χ1v) is 7.96. The van der Waals surface area contributed by atoms with E-state index in [0.29, 0.717) is 19.4 Å². The number of aliphatic hydroxyl groups is 1. The molecule has 0 saturated heterocycles. The number of halogens is 1. The van der Waals surface area contributed by atoms with E-state index in [1.54, 1.807) is 0 Å². The Hall–Kier alpha value is -0.770. The van der Waals surface area contributed by atoms with E-state index in [0.717, 1.165) is 34.9 Å². The highest BCUT2D eigenvalue weighted by Crippen LogP contribution is 2.35. The van der Waals surface area contributed by atoms with E-state index in [4.69, 9.17) is 16.3 Å². The maximum atomic E-state index is 10.6. The van der Waals surface area contributed by atoms with Gasteiger partial charge < -0.3 is 15.2 Å². The lowest BCUT2D eigenvalue weighted by atomic mass is 9.91. The van der Waals surface area contributed by atoms with Crippen LogP contribution < -0.4 is 10.1 Å². The van der Waals surface area contributed by atoms with Gasteiger partial charge in [-0.1, -0.05) is 11.6 Å². The Labute approximate surface area is 132 Å². The van der Waals surface area contributed by atoms with Crippen LogP contribution in [0.25, 0.3) is 0 Å². The highest BCUT2D eigenvalue weighted by molar-refractivity contribution is 6.30. The number of ether oxygens (including phenoxy) is 1. The number of hydrogen-bond acceptors (Lipinski definition) is 3. The molecule has 1 aromatic carbocycles. The van der Waals surface area contributed by atoms with Crippen LogP contribution in [0.15, 0.2) is 12.1 Å². The lowest BCUT2D eigenvalue weighted by Gasteiger charge is -2.27. The van der Waals surface area contributed by atoms with Crippen molar-refractivity contribution in [1.82, 2.24) is 5.32 Å². The van der Waals surface area contributed by atoms with Gasteiger partial charge in [-0.05, 0) is 63.9 Å². The number of benzene rings is 1. The first kappa shape index (κ1) is 16.6. The molecular formula is C17H26ClNO2. The van der Waals surface area contributed by atoms with Crippen molar-refractivity contribution in [3.05, 3.63) is 28.3 Å². The molecule has 0 bridgehead atoms. The molecule has 0 fully saturated rings. The summed E-state index contributed by atoms with van der Waals surface area (Å²) in [6.45, 7) is 9.73. The van der Waals surface area contributed by atoms with Gasteiger partial charge in [-0.2, -0.15) is 0 Å². The van der Waals surface area contributed by atoms with Crippen LogP contribution in [0.5, 0.6) is 5.75 Å². The average Bonchev–Trinajstić information content (AvgIpc) is 2.73. The molecule has 3 nitrogen and oxygen atoms in total. The molecule has 21 heavy (non-hydrogen) atoms. The molecule has 1 atom stereocenters. The van der Waals surface area contributed by atoms with Crippen molar-refractivity contribution in [3.8, 4) is 5.75 Å². The van der Waals surface area contributed by atoms with Crippen LogP contribution in [0, 0.1) is 0 Å². The van der Waals surface area contributed by atoms with Gasteiger partial charge in [-0.15, -0.1) is 0 Å². The molecule has 1 aromatic rings. The standard InChI is InChI=1S/C17H26ClNO2/c1-16(2,3)19-7-6-17(4,20)11-13-10-14(18)9-12-5-8-21-15(12)13/h9-10,19-20H,5-8,11H2,1-4H3. The molecule has 2 N–H and O–H groups in total. The van der Waals surface area contributed by atoms with E-state index < -0.39 is 5.60 Å². The minimum atomic E-state index is -0.775. The monoisotopic (exact) mass is 311 g/mol. The van der Waals surface area contributed by atoms with Gasteiger partial charge >= 0.3 is 0 Å². The molecule has 0 aliphatic carbocycles. The van der Waals surface area contributed by atoms with Crippen LogP contribution in [0.1, 0.15) is 45.2 Å². The van der Waals surface area contributed by atoms with Gasteiger partial charge in [0.1, 0.15) is 5.75 Å². The quantitative estimate of drug-likeness (QED) is 0.876. The SMILES string of the molecule is CC(O)(CCNC(C)(C)C)Cc1cc(Cl)cc2c1OCC2.